The molecule has 4 heterocycles. The minimum absolute atomic E-state index is 0.0411. The molecule has 10 nitrogen and oxygen atoms in total. The Morgan fingerprint density at radius 2 is 1.07 bits per heavy atom. The van der Waals surface area contributed by atoms with Crippen LogP contribution in [0.2, 0.25) is 0 Å². The Balaban J connectivity index is 0.000000181. The first-order chi connectivity index (χ1) is 28.5. The van der Waals surface area contributed by atoms with Crippen molar-refractivity contribution in [3.05, 3.63) is 105 Å². The second-order valence-electron chi connectivity index (χ2n) is 18.3. The number of hydrogen-bond acceptors (Lipinski definition) is 10. The van der Waals surface area contributed by atoms with Crippen LogP contribution in [0.25, 0.3) is 12.2 Å². The molecule has 0 radical (unpaired) electrons. The number of benzene rings is 2. The summed E-state index contributed by atoms with van der Waals surface area (Å²) in [7, 11) is 0. The number of esters is 2. The van der Waals surface area contributed by atoms with Crippen molar-refractivity contribution < 1.29 is 47.9 Å². The van der Waals surface area contributed by atoms with E-state index in [1.54, 1.807) is 12.2 Å². The highest BCUT2D eigenvalue weighted by Gasteiger charge is 2.45. The van der Waals surface area contributed by atoms with Crippen molar-refractivity contribution in [3.63, 3.8) is 0 Å². The molecular weight excluding hydrogens is 761 g/mol. The summed E-state index contributed by atoms with van der Waals surface area (Å²) < 4.78 is 35.9. The van der Waals surface area contributed by atoms with E-state index >= 15 is 0 Å². The molecule has 0 aromatic heterocycles. The molecule has 2 aromatic rings. The lowest BCUT2D eigenvalue weighted by molar-refractivity contribution is -0.152. The van der Waals surface area contributed by atoms with Crippen molar-refractivity contribution in [1.29, 1.82) is 0 Å². The minimum Gasteiger partial charge on any atom is -0.458 e. The summed E-state index contributed by atoms with van der Waals surface area (Å²) in [5.74, 6) is -2.06. The maximum absolute atomic E-state index is 13.1. The molecule has 4 aliphatic heterocycles. The van der Waals surface area contributed by atoms with Gasteiger partial charge >= 0.3 is 11.9 Å². The number of aliphatic hydroxyl groups is 1. The first kappa shape index (κ1) is 43.9. The number of carbonyl (C=O) groups excluding carboxylic acids is 3. The Morgan fingerprint density at radius 3 is 1.63 bits per heavy atom. The van der Waals surface area contributed by atoms with Crippen LogP contribution in [-0.4, -0.2) is 77.1 Å². The fourth-order valence-corrected chi connectivity index (χ4v) is 9.78. The quantitative estimate of drug-likeness (QED) is 0.203. The molecule has 4 fully saturated rings. The van der Waals surface area contributed by atoms with Gasteiger partial charge in [-0.1, -0.05) is 77.9 Å². The van der Waals surface area contributed by atoms with Crippen LogP contribution in [0, 0.1) is 39.5 Å². The van der Waals surface area contributed by atoms with Gasteiger partial charge in [-0.3, -0.25) is 4.79 Å². The van der Waals surface area contributed by atoms with Crippen LogP contribution in [-0.2, 0) is 33.2 Å². The van der Waals surface area contributed by atoms with Gasteiger partial charge in [0.25, 0.3) is 0 Å². The third-order valence-corrected chi connectivity index (χ3v) is 12.4. The van der Waals surface area contributed by atoms with Gasteiger partial charge in [0.1, 0.15) is 30.5 Å². The molecule has 2 saturated carbocycles. The molecule has 2 saturated heterocycles. The van der Waals surface area contributed by atoms with Crippen LogP contribution in [0.3, 0.4) is 0 Å². The standard InChI is InChI=1S/C25H32O5.C25H30O5/c2*1-15-13-16(2)22-18(14-15)8-6-10-21-23(30-25(3,4)29-21)19(26)12-11-17-7-5-9-20(17)28-24(22)27/h6,8,11-14,17,19-21,23,26H,5,7,9-10H2,1-4H3;6,8,11-14,17,20-21,23H,5,7,9-10H2,1-4H3/b2*8-6+,12-11-/t17-,19?,20-,21-,23+;17-,20-,21-,23+/m00/s1. The average molecular weight is 823 g/mol. The van der Waals surface area contributed by atoms with Crippen molar-refractivity contribution >= 4 is 29.9 Å². The van der Waals surface area contributed by atoms with Crippen molar-refractivity contribution in [3.8, 4) is 0 Å². The molecule has 1 N–H and O–H groups in total. The molecule has 60 heavy (non-hydrogen) atoms. The third kappa shape index (κ3) is 10.1. The maximum atomic E-state index is 13.1. The summed E-state index contributed by atoms with van der Waals surface area (Å²) >= 11 is 0. The van der Waals surface area contributed by atoms with E-state index in [1.165, 1.54) is 0 Å². The van der Waals surface area contributed by atoms with E-state index in [2.05, 4.69) is 0 Å². The van der Waals surface area contributed by atoms with Gasteiger partial charge in [-0.15, -0.1) is 0 Å². The van der Waals surface area contributed by atoms with Crippen LogP contribution in [0.1, 0.15) is 133 Å². The monoisotopic (exact) mass is 822 g/mol. The molecular formula is C50H62O10. The predicted molar refractivity (Wildman–Crippen MR) is 229 cm³/mol. The second-order valence-corrected chi connectivity index (χ2v) is 18.3. The summed E-state index contributed by atoms with van der Waals surface area (Å²) in [6.07, 6.45) is 18.8. The van der Waals surface area contributed by atoms with Crippen LogP contribution in [0.15, 0.2) is 60.7 Å². The van der Waals surface area contributed by atoms with Crippen LogP contribution < -0.4 is 0 Å². The zero-order valence-electron chi connectivity index (χ0n) is 36.4. The van der Waals surface area contributed by atoms with E-state index in [0.29, 0.717) is 24.0 Å². The van der Waals surface area contributed by atoms with Gasteiger partial charge in [0.15, 0.2) is 17.4 Å². The number of aliphatic hydroxyl groups excluding tert-OH is 1. The minimum atomic E-state index is -0.805. The summed E-state index contributed by atoms with van der Waals surface area (Å²) in [5.41, 5.74) is 6.94. The molecule has 2 aliphatic carbocycles. The van der Waals surface area contributed by atoms with Crippen LogP contribution in [0.5, 0.6) is 0 Å². The molecule has 2 aromatic carbocycles. The number of ether oxygens (including phenoxy) is 6. The normalized spacial score (nSPS) is 34.3. The molecule has 1 unspecified atom stereocenters. The molecule has 0 spiro atoms. The van der Waals surface area contributed by atoms with Crippen molar-refractivity contribution in [1.82, 2.24) is 0 Å². The smallest absolute Gasteiger partial charge is 0.339 e. The van der Waals surface area contributed by atoms with Gasteiger partial charge in [-0.25, -0.2) is 9.59 Å². The Morgan fingerprint density at radius 1 is 0.567 bits per heavy atom. The topological polar surface area (TPSA) is 127 Å². The molecule has 10 heteroatoms. The number of rotatable bonds is 0. The number of fused-ring (bicyclic) bond motifs is 6. The molecule has 322 valence electrons. The number of hydrogen-bond donors (Lipinski definition) is 1. The van der Waals surface area contributed by atoms with Crippen molar-refractivity contribution in [2.24, 2.45) is 11.8 Å². The first-order valence-corrected chi connectivity index (χ1v) is 21.7. The largest absolute Gasteiger partial charge is 0.458 e. The van der Waals surface area contributed by atoms with Crippen molar-refractivity contribution in [2.45, 2.75) is 161 Å². The average Bonchev–Trinajstić information content (AvgIpc) is 3.94. The van der Waals surface area contributed by atoms with Crippen LogP contribution in [0.4, 0.5) is 0 Å². The highest BCUT2D eigenvalue weighted by Crippen LogP contribution is 2.37. The molecule has 0 bridgehead atoms. The third-order valence-electron chi connectivity index (χ3n) is 12.4. The fraction of sp³-hybridized carbons (Fsp3) is 0.540. The molecule has 0 amide bonds. The molecule has 6 aliphatic rings. The van der Waals surface area contributed by atoms with E-state index in [4.69, 9.17) is 28.4 Å². The second kappa shape index (κ2) is 18.0. The van der Waals surface area contributed by atoms with E-state index in [1.807, 2.05) is 116 Å². The number of aryl methyl sites for hydroxylation is 4. The predicted octanol–water partition coefficient (Wildman–Crippen LogP) is 9.17. The van der Waals surface area contributed by atoms with Gasteiger partial charge in [-0.2, -0.15) is 0 Å². The van der Waals surface area contributed by atoms with E-state index in [0.717, 1.165) is 71.9 Å². The Labute approximate surface area is 355 Å². The summed E-state index contributed by atoms with van der Waals surface area (Å²) in [5, 5.41) is 10.8. The molecule has 8 rings (SSSR count). The lowest BCUT2D eigenvalue weighted by Crippen LogP contribution is -2.34. The lowest BCUT2D eigenvalue weighted by Gasteiger charge is -2.22. The summed E-state index contributed by atoms with van der Waals surface area (Å²) in [4.78, 5) is 39.1. The number of ketones is 1. The first-order valence-electron chi connectivity index (χ1n) is 21.7. The van der Waals surface area contributed by atoms with Gasteiger partial charge in [0.2, 0.25) is 0 Å². The summed E-state index contributed by atoms with van der Waals surface area (Å²) in [6, 6.07) is 8.04. The summed E-state index contributed by atoms with van der Waals surface area (Å²) in [6.45, 7) is 15.3. The van der Waals surface area contributed by atoms with E-state index in [9.17, 15) is 19.5 Å². The Kier molecular flexibility index (Phi) is 13.2. The highest BCUT2D eigenvalue weighted by atomic mass is 16.8. The SMILES string of the molecule is Cc1cc(C)c2c(c1)/C=C/C[C@@H]1OC(C)(C)O[C@@H]1C(=O)/C=C\[C@@H]1CCC[C@@H]1OC2=O.Cc1cc(C)c2c(c1)/C=C/C[C@@H]1OC(C)(C)O[C@@H]1C(O)/C=C\[C@@H]1CCC[C@@H]1OC2=O. The fourth-order valence-electron chi connectivity index (χ4n) is 9.78. The van der Waals surface area contributed by atoms with Crippen molar-refractivity contribution in [2.75, 3.05) is 0 Å². The Hall–Kier alpha value is -4.19. The van der Waals surface area contributed by atoms with Gasteiger partial charge < -0.3 is 33.5 Å². The van der Waals surface area contributed by atoms with Gasteiger partial charge in [0, 0.05) is 11.8 Å². The Bertz CT molecular complexity index is 2070. The van der Waals surface area contributed by atoms with Gasteiger partial charge in [0.05, 0.1) is 23.3 Å². The molecule has 9 atom stereocenters. The highest BCUT2D eigenvalue weighted by molar-refractivity contribution is 5.97. The maximum Gasteiger partial charge on any atom is 0.339 e. The lowest BCUT2D eigenvalue weighted by atomic mass is 9.96. The zero-order valence-corrected chi connectivity index (χ0v) is 36.4. The number of carbonyl (C=O) groups is 3. The van der Waals surface area contributed by atoms with Crippen LogP contribution >= 0.6 is 0 Å². The zero-order chi connectivity index (χ0) is 42.9. The van der Waals surface area contributed by atoms with Gasteiger partial charge in [-0.05, 0) is 135 Å². The van der Waals surface area contributed by atoms with E-state index in [-0.39, 0.29) is 54.0 Å². The van der Waals surface area contributed by atoms with E-state index < -0.39 is 29.9 Å².